The summed E-state index contributed by atoms with van der Waals surface area (Å²) in [6.07, 6.45) is 21.7. The second kappa shape index (κ2) is 13.6. The SMILES string of the molecule is C/C=C/C=O.CCCCCC1CCC(C2CCC(NC)CC2)CC1. The van der Waals surface area contributed by atoms with Gasteiger partial charge in [0.15, 0.2) is 0 Å². The van der Waals surface area contributed by atoms with Gasteiger partial charge in [0.25, 0.3) is 0 Å². The van der Waals surface area contributed by atoms with Crippen molar-refractivity contribution in [3.8, 4) is 0 Å². The first kappa shape index (κ1) is 21.4. The van der Waals surface area contributed by atoms with Gasteiger partial charge in [0, 0.05) is 6.04 Å². The van der Waals surface area contributed by atoms with E-state index in [2.05, 4.69) is 19.3 Å². The lowest BCUT2D eigenvalue weighted by atomic mass is 9.69. The number of hydrogen-bond donors (Lipinski definition) is 1. The molecule has 0 aliphatic heterocycles. The third kappa shape index (κ3) is 8.46. The van der Waals surface area contributed by atoms with Gasteiger partial charge >= 0.3 is 0 Å². The van der Waals surface area contributed by atoms with Gasteiger partial charge in [-0.2, -0.15) is 0 Å². The Morgan fingerprint density at radius 3 is 1.92 bits per heavy atom. The number of carbonyl (C=O) groups excluding carboxylic acids is 1. The molecular weight excluding hydrogens is 294 g/mol. The van der Waals surface area contributed by atoms with Gasteiger partial charge in [-0.3, -0.25) is 4.79 Å². The van der Waals surface area contributed by atoms with Crippen molar-refractivity contribution in [1.29, 1.82) is 0 Å². The third-order valence-electron chi connectivity index (χ3n) is 6.23. The minimum atomic E-state index is 0.750. The minimum Gasteiger partial charge on any atom is -0.317 e. The quantitative estimate of drug-likeness (QED) is 0.356. The fourth-order valence-corrected chi connectivity index (χ4v) is 4.59. The van der Waals surface area contributed by atoms with E-state index in [1.807, 2.05) is 0 Å². The molecule has 24 heavy (non-hydrogen) atoms. The van der Waals surface area contributed by atoms with Gasteiger partial charge in [0.2, 0.25) is 0 Å². The topological polar surface area (TPSA) is 29.1 Å². The molecule has 2 heteroatoms. The van der Waals surface area contributed by atoms with E-state index >= 15 is 0 Å². The molecule has 2 nitrogen and oxygen atoms in total. The normalized spacial score (nSPS) is 30.6. The van der Waals surface area contributed by atoms with Crippen molar-refractivity contribution < 1.29 is 4.79 Å². The van der Waals surface area contributed by atoms with Gasteiger partial charge in [-0.1, -0.05) is 51.5 Å². The number of aldehydes is 1. The van der Waals surface area contributed by atoms with Crippen molar-refractivity contribution >= 4 is 6.29 Å². The lowest BCUT2D eigenvalue weighted by Crippen LogP contribution is -2.33. The Balaban J connectivity index is 0.000000505. The molecule has 0 heterocycles. The molecule has 2 saturated carbocycles. The first-order valence-corrected chi connectivity index (χ1v) is 10.5. The number of carbonyl (C=O) groups is 1. The monoisotopic (exact) mass is 335 g/mol. The summed E-state index contributed by atoms with van der Waals surface area (Å²) >= 11 is 0. The second-order valence-electron chi connectivity index (χ2n) is 7.84. The zero-order valence-corrected chi connectivity index (χ0v) is 16.4. The predicted molar refractivity (Wildman–Crippen MR) is 105 cm³/mol. The lowest BCUT2D eigenvalue weighted by molar-refractivity contribution is -0.104. The van der Waals surface area contributed by atoms with Crippen LogP contribution in [-0.4, -0.2) is 19.4 Å². The van der Waals surface area contributed by atoms with E-state index in [0.717, 1.165) is 30.1 Å². The summed E-state index contributed by atoms with van der Waals surface area (Å²) in [5, 5.41) is 3.46. The molecule has 140 valence electrons. The number of allylic oxidation sites excluding steroid dienone is 2. The molecule has 0 aromatic rings. The number of unbranched alkanes of at least 4 members (excludes halogenated alkanes) is 2. The van der Waals surface area contributed by atoms with E-state index in [9.17, 15) is 4.79 Å². The Kier molecular flexibility index (Phi) is 12.2. The van der Waals surface area contributed by atoms with Crippen molar-refractivity contribution in [2.45, 2.75) is 96.9 Å². The molecule has 0 saturated heterocycles. The van der Waals surface area contributed by atoms with Crippen molar-refractivity contribution in [2.24, 2.45) is 17.8 Å². The third-order valence-corrected chi connectivity index (χ3v) is 6.23. The first-order valence-electron chi connectivity index (χ1n) is 10.5. The Bertz CT molecular complexity index is 323. The maximum Gasteiger partial charge on any atom is 0.142 e. The van der Waals surface area contributed by atoms with Crippen LogP contribution in [0.5, 0.6) is 0 Å². The number of nitrogens with one attached hydrogen (secondary N) is 1. The van der Waals surface area contributed by atoms with E-state index in [-0.39, 0.29) is 0 Å². The van der Waals surface area contributed by atoms with Gasteiger partial charge in [0.05, 0.1) is 0 Å². The van der Waals surface area contributed by atoms with E-state index in [4.69, 9.17) is 0 Å². The Morgan fingerprint density at radius 2 is 1.50 bits per heavy atom. The highest BCUT2D eigenvalue weighted by Crippen LogP contribution is 2.41. The molecule has 0 atom stereocenters. The molecule has 2 aliphatic rings. The van der Waals surface area contributed by atoms with Crippen LogP contribution in [0.25, 0.3) is 0 Å². The highest BCUT2D eigenvalue weighted by Gasteiger charge is 2.30. The Labute approximate surface area is 150 Å². The van der Waals surface area contributed by atoms with Crippen LogP contribution in [-0.2, 0) is 4.79 Å². The van der Waals surface area contributed by atoms with Crippen LogP contribution in [0.15, 0.2) is 12.2 Å². The van der Waals surface area contributed by atoms with Crippen molar-refractivity contribution in [3.05, 3.63) is 12.2 Å². The van der Waals surface area contributed by atoms with Crippen LogP contribution in [0.3, 0.4) is 0 Å². The van der Waals surface area contributed by atoms with Crippen LogP contribution in [0, 0.1) is 17.8 Å². The maximum absolute atomic E-state index is 9.32. The Morgan fingerprint density at radius 1 is 0.917 bits per heavy atom. The summed E-state index contributed by atoms with van der Waals surface area (Å²) in [6, 6.07) is 0.821. The second-order valence-corrected chi connectivity index (χ2v) is 7.84. The fourth-order valence-electron chi connectivity index (χ4n) is 4.59. The average molecular weight is 336 g/mol. The van der Waals surface area contributed by atoms with Crippen molar-refractivity contribution in [3.63, 3.8) is 0 Å². The van der Waals surface area contributed by atoms with Crippen LogP contribution < -0.4 is 5.32 Å². The van der Waals surface area contributed by atoms with Gasteiger partial charge in [-0.15, -0.1) is 0 Å². The molecule has 0 bridgehead atoms. The molecule has 0 aromatic heterocycles. The molecule has 0 amide bonds. The summed E-state index contributed by atoms with van der Waals surface area (Å²) in [4.78, 5) is 9.32. The molecule has 2 aliphatic carbocycles. The molecule has 0 aromatic carbocycles. The summed E-state index contributed by atoms with van der Waals surface area (Å²) in [5.74, 6) is 3.23. The number of rotatable bonds is 7. The fraction of sp³-hybridized carbons (Fsp3) is 0.864. The number of hydrogen-bond acceptors (Lipinski definition) is 2. The smallest absolute Gasteiger partial charge is 0.142 e. The molecule has 0 unspecified atom stereocenters. The molecule has 1 N–H and O–H groups in total. The van der Waals surface area contributed by atoms with Gasteiger partial charge in [0.1, 0.15) is 6.29 Å². The zero-order valence-electron chi connectivity index (χ0n) is 16.4. The highest BCUT2D eigenvalue weighted by molar-refractivity contribution is 5.64. The molecule has 0 radical (unpaired) electrons. The summed E-state index contributed by atoms with van der Waals surface area (Å²) in [7, 11) is 2.13. The first-order chi connectivity index (χ1) is 11.7. The van der Waals surface area contributed by atoms with E-state index in [1.54, 1.807) is 38.7 Å². The molecule has 2 fully saturated rings. The lowest BCUT2D eigenvalue weighted by Gasteiger charge is -2.38. The van der Waals surface area contributed by atoms with Gasteiger partial charge in [-0.25, -0.2) is 0 Å². The van der Waals surface area contributed by atoms with E-state index < -0.39 is 0 Å². The van der Waals surface area contributed by atoms with Gasteiger partial charge in [-0.05, 0) is 76.3 Å². The maximum atomic E-state index is 9.32. The van der Waals surface area contributed by atoms with Crippen LogP contribution in [0.1, 0.15) is 90.9 Å². The van der Waals surface area contributed by atoms with Crippen LogP contribution >= 0.6 is 0 Å². The van der Waals surface area contributed by atoms with E-state index in [1.165, 1.54) is 57.4 Å². The summed E-state index contributed by atoms with van der Waals surface area (Å²) < 4.78 is 0. The highest BCUT2D eigenvalue weighted by atomic mass is 16.1. The summed E-state index contributed by atoms with van der Waals surface area (Å²) in [6.45, 7) is 4.12. The Hall–Kier alpha value is -0.630. The molecular formula is C22H41NO. The summed E-state index contributed by atoms with van der Waals surface area (Å²) in [5.41, 5.74) is 0. The van der Waals surface area contributed by atoms with Crippen LogP contribution in [0.4, 0.5) is 0 Å². The van der Waals surface area contributed by atoms with Crippen molar-refractivity contribution in [2.75, 3.05) is 7.05 Å². The largest absolute Gasteiger partial charge is 0.317 e. The zero-order chi connectivity index (χ0) is 17.6. The molecule has 2 rings (SSSR count). The van der Waals surface area contributed by atoms with Gasteiger partial charge < -0.3 is 5.32 Å². The average Bonchev–Trinajstić information content (AvgIpc) is 2.64. The standard InChI is InChI=1S/C18H35N.C4H6O/c1-3-4-5-6-15-7-9-16(10-8-15)17-11-13-18(19-2)14-12-17;1-2-3-4-5/h15-19H,3-14H2,1-2H3;2-4H,1H3/b;3-2+. The van der Waals surface area contributed by atoms with Crippen LogP contribution in [0.2, 0.25) is 0 Å². The minimum absolute atomic E-state index is 0.750. The predicted octanol–water partition coefficient (Wildman–Crippen LogP) is 5.91. The molecule has 0 spiro atoms. The van der Waals surface area contributed by atoms with E-state index in [0.29, 0.717) is 0 Å². The van der Waals surface area contributed by atoms with Crippen molar-refractivity contribution in [1.82, 2.24) is 5.32 Å².